The van der Waals surface area contributed by atoms with Crippen LogP contribution in [0.2, 0.25) is 0 Å². The number of H-pyrrole nitrogens is 2. The van der Waals surface area contributed by atoms with Gasteiger partial charge in [-0.1, -0.05) is 0 Å². The molecule has 0 spiro atoms. The Labute approximate surface area is 149 Å². The van der Waals surface area contributed by atoms with E-state index in [-0.39, 0.29) is 17.5 Å². The molecule has 6 nitrogen and oxygen atoms in total. The normalized spacial score (nSPS) is 13.8. The van der Waals surface area contributed by atoms with Crippen molar-refractivity contribution in [1.29, 1.82) is 0 Å². The topological polar surface area (TPSA) is 90.6 Å². The van der Waals surface area contributed by atoms with Crippen molar-refractivity contribution >= 4 is 22.7 Å². The van der Waals surface area contributed by atoms with Crippen molar-refractivity contribution in [2.75, 3.05) is 6.54 Å². The van der Waals surface area contributed by atoms with Gasteiger partial charge in [-0.05, 0) is 38.0 Å². The summed E-state index contributed by atoms with van der Waals surface area (Å²) in [6.07, 6.45) is 2.59. The molecule has 1 aliphatic carbocycles. The highest BCUT2D eigenvalue weighted by Gasteiger charge is 2.28. The number of nitrogens with zero attached hydrogens (tertiary/aromatic N) is 1. The van der Waals surface area contributed by atoms with Crippen LogP contribution in [0.3, 0.4) is 0 Å². The first kappa shape index (κ1) is 16.5. The molecular weight excluding hydrogens is 335 g/mol. The Bertz CT molecular complexity index is 1020. The molecule has 0 atom stereocenters. The first-order chi connectivity index (χ1) is 12.5. The molecule has 1 aromatic carbocycles. The number of hydrogen-bond acceptors (Lipinski definition) is 3. The van der Waals surface area contributed by atoms with Gasteiger partial charge in [0, 0.05) is 30.8 Å². The minimum Gasteiger partial charge on any atom is -0.361 e. The molecule has 1 amide bonds. The molecule has 0 radical (unpaired) electrons. The summed E-state index contributed by atoms with van der Waals surface area (Å²) in [5, 5.41) is 2.86. The van der Waals surface area contributed by atoms with Gasteiger partial charge in [0.2, 0.25) is 0 Å². The molecule has 134 valence electrons. The third kappa shape index (κ3) is 2.89. The van der Waals surface area contributed by atoms with E-state index in [1.54, 1.807) is 6.07 Å². The summed E-state index contributed by atoms with van der Waals surface area (Å²) in [6.45, 7) is 2.18. The van der Waals surface area contributed by atoms with Gasteiger partial charge in [-0.25, -0.2) is 9.37 Å². The number of Topliss-reactive ketones (excluding diaryl/α,β-unsaturated/α-hetero) is 1. The molecule has 2 heterocycles. The lowest BCUT2D eigenvalue weighted by Crippen LogP contribution is -2.28. The minimum absolute atomic E-state index is 0.0278. The van der Waals surface area contributed by atoms with Gasteiger partial charge < -0.3 is 15.3 Å². The van der Waals surface area contributed by atoms with E-state index in [1.165, 1.54) is 12.1 Å². The first-order valence-electron chi connectivity index (χ1n) is 8.70. The number of fused-ring (bicyclic) bond motifs is 2. The molecule has 0 fully saturated rings. The molecule has 0 saturated heterocycles. The van der Waals surface area contributed by atoms with Crippen LogP contribution in [0, 0.1) is 12.7 Å². The number of hydrogen-bond donors (Lipinski definition) is 3. The number of nitrogens with one attached hydrogen (secondary N) is 3. The van der Waals surface area contributed by atoms with E-state index in [4.69, 9.17) is 0 Å². The highest BCUT2D eigenvalue weighted by Crippen LogP contribution is 2.26. The molecule has 7 heteroatoms. The number of rotatable bonds is 4. The van der Waals surface area contributed by atoms with E-state index >= 15 is 0 Å². The smallest absolute Gasteiger partial charge is 0.253 e. The standard InChI is InChI=1S/C19H19FN4O2/c1-10-17(18-13(22-10)3-2-4-15(18)25)19(26)21-8-7-16-23-12-6-5-11(20)9-14(12)24-16/h5-6,9,22H,2-4,7-8H2,1H3,(H,21,26)(H,23,24). The number of benzene rings is 1. The lowest BCUT2D eigenvalue weighted by atomic mass is 9.93. The number of halogens is 1. The van der Waals surface area contributed by atoms with Gasteiger partial charge in [0.05, 0.1) is 22.2 Å². The van der Waals surface area contributed by atoms with Gasteiger partial charge in [0.1, 0.15) is 11.6 Å². The van der Waals surface area contributed by atoms with Crippen LogP contribution in [0.4, 0.5) is 4.39 Å². The monoisotopic (exact) mass is 354 g/mol. The fourth-order valence-electron chi connectivity index (χ4n) is 3.56. The maximum atomic E-state index is 13.2. The zero-order chi connectivity index (χ0) is 18.3. The fraction of sp³-hybridized carbons (Fsp3) is 0.316. The molecule has 0 unspecified atom stereocenters. The van der Waals surface area contributed by atoms with Gasteiger partial charge in [0.25, 0.3) is 5.91 Å². The predicted octanol–water partition coefficient (Wildman–Crippen LogP) is 2.83. The van der Waals surface area contributed by atoms with Crippen LogP contribution in [-0.4, -0.2) is 33.2 Å². The van der Waals surface area contributed by atoms with Gasteiger partial charge in [-0.3, -0.25) is 9.59 Å². The van der Waals surface area contributed by atoms with Crippen molar-refractivity contribution in [3.8, 4) is 0 Å². The summed E-state index contributed by atoms with van der Waals surface area (Å²) in [5.41, 5.74) is 3.91. The molecule has 26 heavy (non-hydrogen) atoms. The SMILES string of the molecule is Cc1[nH]c2c(c1C(=O)NCCc1nc3ccc(F)cc3[nH]1)C(=O)CCC2. The molecule has 0 saturated carbocycles. The van der Waals surface area contributed by atoms with Crippen molar-refractivity contribution < 1.29 is 14.0 Å². The van der Waals surface area contributed by atoms with Crippen molar-refractivity contribution in [1.82, 2.24) is 20.3 Å². The van der Waals surface area contributed by atoms with Crippen LogP contribution >= 0.6 is 0 Å². The Hall–Kier alpha value is -2.96. The second-order valence-electron chi connectivity index (χ2n) is 6.61. The van der Waals surface area contributed by atoms with Crippen LogP contribution < -0.4 is 5.32 Å². The third-order valence-electron chi connectivity index (χ3n) is 4.74. The van der Waals surface area contributed by atoms with Gasteiger partial charge >= 0.3 is 0 Å². The minimum atomic E-state index is -0.321. The molecule has 0 aliphatic heterocycles. The van der Waals surface area contributed by atoms with Crippen LogP contribution in [0.25, 0.3) is 11.0 Å². The van der Waals surface area contributed by atoms with E-state index in [2.05, 4.69) is 20.3 Å². The summed E-state index contributed by atoms with van der Waals surface area (Å²) in [6, 6.07) is 4.37. The van der Waals surface area contributed by atoms with Crippen molar-refractivity contribution in [3.05, 3.63) is 52.4 Å². The van der Waals surface area contributed by atoms with E-state index in [1.807, 2.05) is 6.92 Å². The molecular formula is C19H19FN4O2. The van der Waals surface area contributed by atoms with Crippen LogP contribution in [0.5, 0.6) is 0 Å². The number of aryl methyl sites for hydroxylation is 2. The molecule has 2 aromatic heterocycles. The second-order valence-corrected chi connectivity index (χ2v) is 6.61. The van der Waals surface area contributed by atoms with E-state index in [0.717, 1.165) is 24.2 Å². The number of imidazole rings is 1. The molecule has 3 N–H and O–H groups in total. The number of amides is 1. The summed E-state index contributed by atoms with van der Waals surface area (Å²) in [7, 11) is 0. The Morgan fingerprint density at radius 3 is 3.00 bits per heavy atom. The Morgan fingerprint density at radius 1 is 1.31 bits per heavy atom. The first-order valence-corrected chi connectivity index (χ1v) is 8.70. The van der Waals surface area contributed by atoms with Gasteiger partial charge in [0.15, 0.2) is 5.78 Å². The van der Waals surface area contributed by atoms with Crippen LogP contribution in [0.1, 0.15) is 50.8 Å². The van der Waals surface area contributed by atoms with Crippen molar-refractivity contribution in [3.63, 3.8) is 0 Å². The average molecular weight is 354 g/mol. The number of carbonyl (C=O) groups is 2. The summed E-state index contributed by atoms with van der Waals surface area (Å²) < 4.78 is 13.2. The molecule has 1 aliphatic rings. The number of aromatic nitrogens is 3. The fourth-order valence-corrected chi connectivity index (χ4v) is 3.56. The zero-order valence-electron chi connectivity index (χ0n) is 14.4. The Balaban J connectivity index is 1.46. The largest absolute Gasteiger partial charge is 0.361 e. The highest BCUT2D eigenvalue weighted by molar-refractivity contribution is 6.10. The van der Waals surface area contributed by atoms with Gasteiger partial charge in [-0.15, -0.1) is 0 Å². The van der Waals surface area contributed by atoms with Crippen molar-refractivity contribution in [2.24, 2.45) is 0 Å². The summed E-state index contributed by atoms with van der Waals surface area (Å²) in [5.74, 6) is 0.130. The number of aromatic amines is 2. The zero-order valence-corrected chi connectivity index (χ0v) is 14.4. The second kappa shape index (κ2) is 6.40. The number of ketones is 1. The molecule has 4 rings (SSSR count). The van der Waals surface area contributed by atoms with E-state index in [9.17, 15) is 14.0 Å². The van der Waals surface area contributed by atoms with Crippen LogP contribution in [-0.2, 0) is 12.8 Å². The maximum absolute atomic E-state index is 13.2. The highest BCUT2D eigenvalue weighted by atomic mass is 19.1. The summed E-state index contributed by atoms with van der Waals surface area (Å²) >= 11 is 0. The summed E-state index contributed by atoms with van der Waals surface area (Å²) in [4.78, 5) is 35.4. The van der Waals surface area contributed by atoms with E-state index < -0.39 is 0 Å². The lowest BCUT2D eigenvalue weighted by molar-refractivity contribution is 0.0928. The van der Waals surface area contributed by atoms with Crippen LogP contribution in [0.15, 0.2) is 18.2 Å². The predicted molar refractivity (Wildman–Crippen MR) is 94.9 cm³/mol. The van der Waals surface area contributed by atoms with E-state index in [0.29, 0.717) is 47.4 Å². The number of carbonyl (C=O) groups excluding carboxylic acids is 2. The quantitative estimate of drug-likeness (QED) is 0.673. The lowest BCUT2D eigenvalue weighted by Gasteiger charge is -2.11. The van der Waals surface area contributed by atoms with Gasteiger partial charge in [-0.2, -0.15) is 0 Å². The Kier molecular flexibility index (Phi) is 4.06. The van der Waals surface area contributed by atoms with Crippen molar-refractivity contribution in [2.45, 2.75) is 32.6 Å². The molecule has 3 aromatic rings. The Morgan fingerprint density at radius 2 is 2.15 bits per heavy atom. The molecule has 0 bridgehead atoms. The maximum Gasteiger partial charge on any atom is 0.253 e. The third-order valence-corrected chi connectivity index (χ3v) is 4.74. The average Bonchev–Trinajstić information content (AvgIpc) is 3.14.